The van der Waals surface area contributed by atoms with E-state index in [0.29, 0.717) is 0 Å². The van der Waals surface area contributed by atoms with Crippen molar-refractivity contribution in [1.82, 2.24) is 10.2 Å². The van der Waals surface area contributed by atoms with Gasteiger partial charge in [0.2, 0.25) is 0 Å². The van der Waals surface area contributed by atoms with Crippen LogP contribution in [0.25, 0.3) is 0 Å². The summed E-state index contributed by atoms with van der Waals surface area (Å²) in [5.41, 5.74) is 0. The molecule has 0 aromatic rings. The number of hydrogen-bond acceptors (Lipinski definition) is 5. The Morgan fingerprint density at radius 2 is 1.22 bits per heavy atom. The highest BCUT2D eigenvalue weighted by atomic mass is 19.4. The first kappa shape index (κ1) is 21.4. The lowest BCUT2D eigenvalue weighted by Gasteiger charge is -2.46. The molecule has 2 aliphatic heterocycles. The minimum Gasteiger partial charge on any atom is -0.475 e. The minimum absolute atomic E-state index is 0.0365. The normalized spacial score (nSPS) is 19.3. The SMILES string of the molecule is O=C(O)C(F)(F)F.O=C(O)C(F)(F)F.OC1CN(C2CNC2)C1. The molecular weight excluding hydrogens is 342 g/mol. The van der Waals surface area contributed by atoms with Crippen LogP contribution < -0.4 is 5.32 Å². The number of β-amino-alcohol motifs (C(OH)–C–C–N with tert-alkyl or cyclic N) is 1. The fourth-order valence-electron chi connectivity index (χ4n) is 1.32. The number of nitrogens with one attached hydrogen (secondary N) is 1. The fraction of sp³-hybridized carbons (Fsp3) is 0.800. The number of likely N-dealkylation sites (tertiary alicyclic amines) is 1. The summed E-state index contributed by atoms with van der Waals surface area (Å²) in [6.07, 6.45) is -10.2. The zero-order valence-corrected chi connectivity index (χ0v) is 11.4. The summed E-state index contributed by atoms with van der Waals surface area (Å²) in [6.45, 7) is 4.03. The van der Waals surface area contributed by atoms with Crippen molar-refractivity contribution in [2.45, 2.75) is 24.5 Å². The van der Waals surface area contributed by atoms with Crippen LogP contribution in [0.2, 0.25) is 0 Å². The molecule has 4 N–H and O–H groups in total. The molecule has 0 saturated carbocycles. The number of aliphatic hydroxyl groups is 1. The second kappa shape index (κ2) is 8.31. The van der Waals surface area contributed by atoms with Crippen molar-refractivity contribution in [3.63, 3.8) is 0 Å². The van der Waals surface area contributed by atoms with E-state index >= 15 is 0 Å². The number of rotatable bonds is 1. The van der Waals surface area contributed by atoms with Crippen LogP contribution in [0.5, 0.6) is 0 Å². The lowest BCUT2D eigenvalue weighted by Crippen LogP contribution is -2.65. The Balaban J connectivity index is 0.000000322. The summed E-state index contributed by atoms with van der Waals surface area (Å²) in [5.74, 6) is -5.51. The van der Waals surface area contributed by atoms with Gasteiger partial charge in [0.25, 0.3) is 0 Å². The Kier molecular flexibility index (Phi) is 7.73. The number of carbonyl (C=O) groups is 2. The van der Waals surface area contributed by atoms with Crippen molar-refractivity contribution in [3.8, 4) is 0 Å². The summed E-state index contributed by atoms with van der Waals surface area (Å²) in [6, 6.07) is 0.730. The number of halogens is 6. The van der Waals surface area contributed by atoms with Gasteiger partial charge in [-0.1, -0.05) is 0 Å². The maximum absolute atomic E-state index is 10.6. The first-order valence-electron chi connectivity index (χ1n) is 5.98. The van der Waals surface area contributed by atoms with Crippen molar-refractivity contribution in [1.29, 1.82) is 0 Å². The Bertz CT molecular complexity index is 380. The van der Waals surface area contributed by atoms with Crippen LogP contribution in [0.1, 0.15) is 0 Å². The van der Waals surface area contributed by atoms with Gasteiger partial charge in [-0.15, -0.1) is 0 Å². The molecule has 0 aliphatic carbocycles. The van der Waals surface area contributed by atoms with Crippen molar-refractivity contribution in [3.05, 3.63) is 0 Å². The number of carboxylic acids is 2. The van der Waals surface area contributed by atoms with E-state index < -0.39 is 24.3 Å². The average molecular weight is 356 g/mol. The van der Waals surface area contributed by atoms with E-state index in [1.807, 2.05) is 0 Å². The quantitative estimate of drug-likeness (QED) is 0.486. The van der Waals surface area contributed by atoms with Gasteiger partial charge in [0.1, 0.15) is 0 Å². The molecule has 0 radical (unpaired) electrons. The van der Waals surface area contributed by atoms with Crippen molar-refractivity contribution in [2.75, 3.05) is 26.2 Å². The summed E-state index contributed by atoms with van der Waals surface area (Å²) >= 11 is 0. The van der Waals surface area contributed by atoms with Crippen LogP contribution in [0.15, 0.2) is 0 Å². The number of alkyl halides is 6. The lowest BCUT2D eigenvalue weighted by molar-refractivity contribution is -0.193. The molecule has 2 fully saturated rings. The maximum Gasteiger partial charge on any atom is 0.490 e. The minimum atomic E-state index is -5.08. The molecule has 136 valence electrons. The number of aliphatic carboxylic acids is 2. The maximum atomic E-state index is 10.6. The molecule has 0 spiro atoms. The third kappa shape index (κ3) is 8.56. The molecule has 0 bridgehead atoms. The van der Waals surface area contributed by atoms with Crippen molar-refractivity contribution >= 4 is 11.9 Å². The van der Waals surface area contributed by atoms with Gasteiger partial charge in [-0.2, -0.15) is 26.3 Å². The monoisotopic (exact) mass is 356 g/mol. The predicted octanol–water partition coefficient (Wildman–Crippen LogP) is -0.0987. The molecule has 0 atom stereocenters. The summed E-state index contributed by atoms with van der Waals surface area (Å²) in [7, 11) is 0. The molecule has 2 heterocycles. The van der Waals surface area contributed by atoms with E-state index in [0.717, 1.165) is 32.2 Å². The first-order valence-corrected chi connectivity index (χ1v) is 5.98. The van der Waals surface area contributed by atoms with Gasteiger partial charge < -0.3 is 20.6 Å². The average Bonchev–Trinajstić information content (AvgIpc) is 2.23. The van der Waals surface area contributed by atoms with Crippen LogP contribution in [0, 0.1) is 0 Å². The van der Waals surface area contributed by atoms with Crippen molar-refractivity contribution in [2.24, 2.45) is 0 Å². The van der Waals surface area contributed by atoms with E-state index in [1.165, 1.54) is 0 Å². The van der Waals surface area contributed by atoms with Gasteiger partial charge in [-0.25, -0.2) is 9.59 Å². The van der Waals surface area contributed by atoms with Gasteiger partial charge in [0, 0.05) is 32.2 Å². The number of carboxylic acid groups (broad SMARTS) is 2. The van der Waals surface area contributed by atoms with E-state index in [9.17, 15) is 26.3 Å². The van der Waals surface area contributed by atoms with Crippen LogP contribution in [-0.2, 0) is 9.59 Å². The topological polar surface area (TPSA) is 110 Å². The van der Waals surface area contributed by atoms with Gasteiger partial charge >= 0.3 is 24.3 Å². The molecular formula is C10H14F6N2O5. The van der Waals surface area contributed by atoms with Gasteiger partial charge in [0.15, 0.2) is 0 Å². The standard InChI is InChI=1S/C6H12N2O.2C2HF3O2/c9-6-3-8(4-6)5-1-7-2-5;2*3-2(4,5)1(6)7/h5-7,9H,1-4H2;2*(H,6,7). The highest BCUT2D eigenvalue weighted by molar-refractivity contribution is 5.73. The van der Waals surface area contributed by atoms with E-state index in [4.69, 9.17) is 24.9 Å². The Labute approximate surface area is 125 Å². The van der Waals surface area contributed by atoms with E-state index in [-0.39, 0.29) is 6.10 Å². The molecule has 13 heteroatoms. The van der Waals surface area contributed by atoms with E-state index in [1.54, 1.807) is 0 Å². The lowest BCUT2D eigenvalue weighted by atomic mass is 10.0. The highest BCUT2D eigenvalue weighted by Crippen LogP contribution is 2.14. The molecule has 0 aromatic carbocycles. The molecule has 0 amide bonds. The largest absolute Gasteiger partial charge is 0.490 e. The second-order valence-corrected chi connectivity index (χ2v) is 4.53. The van der Waals surface area contributed by atoms with Crippen LogP contribution >= 0.6 is 0 Å². The Hall–Kier alpha value is -1.60. The number of hydrogen-bond donors (Lipinski definition) is 4. The highest BCUT2D eigenvalue weighted by Gasteiger charge is 2.38. The molecule has 2 rings (SSSR count). The zero-order chi connectivity index (χ0) is 18.4. The second-order valence-electron chi connectivity index (χ2n) is 4.53. The summed E-state index contributed by atoms with van der Waals surface area (Å²) in [5, 5.41) is 26.4. The predicted molar refractivity (Wildman–Crippen MR) is 61.6 cm³/mol. The number of aliphatic hydroxyl groups excluding tert-OH is 1. The third-order valence-corrected chi connectivity index (χ3v) is 2.65. The summed E-state index contributed by atoms with van der Waals surface area (Å²) in [4.78, 5) is 20.1. The summed E-state index contributed by atoms with van der Waals surface area (Å²) < 4.78 is 63.5. The molecule has 0 aromatic heterocycles. The van der Waals surface area contributed by atoms with Crippen LogP contribution in [0.3, 0.4) is 0 Å². The third-order valence-electron chi connectivity index (χ3n) is 2.65. The van der Waals surface area contributed by atoms with E-state index in [2.05, 4.69) is 10.2 Å². The Morgan fingerprint density at radius 3 is 1.35 bits per heavy atom. The Morgan fingerprint density at radius 1 is 0.913 bits per heavy atom. The fourth-order valence-corrected chi connectivity index (χ4v) is 1.32. The van der Waals surface area contributed by atoms with Crippen LogP contribution in [0.4, 0.5) is 26.3 Å². The molecule has 2 aliphatic rings. The number of nitrogens with zero attached hydrogens (tertiary/aromatic N) is 1. The first-order chi connectivity index (χ1) is 10.2. The van der Waals surface area contributed by atoms with Crippen molar-refractivity contribution < 1.29 is 51.3 Å². The molecule has 0 unspecified atom stereocenters. The molecule has 23 heavy (non-hydrogen) atoms. The van der Waals surface area contributed by atoms with Gasteiger partial charge in [-0.3, -0.25) is 4.90 Å². The van der Waals surface area contributed by atoms with Gasteiger partial charge in [-0.05, 0) is 0 Å². The zero-order valence-electron chi connectivity index (χ0n) is 11.4. The molecule has 7 nitrogen and oxygen atoms in total. The smallest absolute Gasteiger partial charge is 0.475 e. The van der Waals surface area contributed by atoms with Crippen LogP contribution in [-0.4, -0.2) is 82.8 Å². The van der Waals surface area contributed by atoms with Gasteiger partial charge in [0.05, 0.1) is 6.10 Å². The molecule has 2 saturated heterocycles.